The molecule has 0 bridgehead atoms. The normalized spacial score (nSPS) is 23.1. The Morgan fingerprint density at radius 1 is 0.875 bits per heavy atom. The van der Waals surface area contributed by atoms with Crippen LogP contribution < -0.4 is 0 Å². The van der Waals surface area contributed by atoms with Crippen LogP contribution in [0.1, 0.15) is 51.3 Å². The van der Waals surface area contributed by atoms with Gasteiger partial charge in [0.1, 0.15) is 5.52 Å². The predicted octanol–water partition coefficient (Wildman–Crippen LogP) is 6.53. The summed E-state index contributed by atoms with van der Waals surface area (Å²) in [5.41, 5.74) is 3.85. The molecule has 3 rings (SSSR count). The molecule has 2 aromatic rings. The number of rotatable bonds is 1. The number of hydrogen-bond acceptors (Lipinski definition) is 4. The maximum atomic E-state index is 4.39. The number of aromatic nitrogens is 2. The van der Waals surface area contributed by atoms with Crippen LogP contribution in [0.15, 0.2) is 42.0 Å². The van der Waals surface area contributed by atoms with E-state index in [1.807, 2.05) is 11.3 Å². The molecule has 1 aliphatic carbocycles. The molecule has 2 nitrogen and oxygen atoms in total. The van der Waals surface area contributed by atoms with Gasteiger partial charge in [0, 0.05) is 4.88 Å². The average molecular weight is 357 g/mol. The monoisotopic (exact) mass is 356 g/mol. The van der Waals surface area contributed by atoms with Gasteiger partial charge in [0.15, 0.2) is 0 Å². The van der Waals surface area contributed by atoms with Gasteiger partial charge in [-0.2, -0.15) is 0 Å². The summed E-state index contributed by atoms with van der Waals surface area (Å²) >= 11 is 3.35. The summed E-state index contributed by atoms with van der Waals surface area (Å²) in [6.07, 6.45) is 13.1. The van der Waals surface area contributed by atoms with Crippen molar-refractivity contribution in [3.63, 3.8) is 0 Å². The van der Waals surface area contributed by atoms with E-state index in [0.717, 1.165) is 5.52 Å². The molecule has 2 aromatic heterocycles. The van der Waals surface area contributed by atoms with Gasteiger partial charge in [0.25, 0.3) is 0 Å². The van der Waals surface area contributed by atoms with Crippen molar-refractivity contribution in [2.45, 2.75) is 47.0 Å². The fourth-order valence-electron chi connectivity index (χ4n) is 2.64. The Labute approximate surface area is 152 Å². The van der Waals surface area contributed by atoms with Crippen molar-refractivity contribution in [3.05, 3.63) is 51.8 Å². The molecule has 1 aliphatic rings. The third kappa shape index (κ3) is 3.31. The van der Waals surface area contributed by atoms with Crippen molar-refractivity contribution in [2.75, 3.05) is 0 Å². The molecule has 0 saturated heterocycles. The Morgan fingerprint density at radius 2 is 1.58 bits per heavy atom. The lowest BCUT2D eigenvalue weighted by Gasteiger charge is -2.20. The molecule has 24 heavy (non-hydrogen) atoms. The van der Waals surface area contributed by atoms with Crippen LogP contribution >= 0.6 is 22.9 Å². The molecule has 126 valence electrons. The van der Waals surface area contributed by atoms with Gasteiger partial charge in [0.2, 0.25) is 0 Å². The van der Waals surface area contributed by atoms with Gasteiger partial charge in [-0.15, -0.1) is 16.4 Å². The number of thiophene rings is 1. The van der Waals surface area contributed by atoms with Crippen molar-refractivity contribution >= 4 is 38.7 Å². The summed E-state index contributed by atoms with van der Waals surface area (Å²) in [6, 6.07) is 0. The summed E-state index contributed by atoms with van der Waals surface area (Å²) in [7, 11) is 0. The minimum absolute atomic E-state index is 0.0785. The van der Waals surface area contributed by atoms with Gasteiger partial charge in [-0.05, 0) is 33.5 Å². The molecular weight excluding hydrogens is 332 g/mol. The molecule has 0 aromatic carbocycles. The molecule has 4 heteroatoms. The highest BCUT2D eigenvalue weighted by Crippen LogP contribution is 2.43. The molecule has 0 unspecified atom stereocenters. The van der Waals surface area contributed by atoms with Gasteiger partial charge in [-0.1, -0.05) is 82.5 Å². The lowest BCUT2D eigenvalue weighted by Crippen LogP contribution is -2.08. The molecule has 0 N–H and O–H groups in total. The molecule has 2 heterocycles. The Morgan fingerprint density at radius 3 is 2.25 bits per heavy atom. The summed E-state index contributed by atoms with van der Waals surface area (Å²) < 4.78 is 5.41. The van der Waals surface area contributed by atoms with E-state index in [1.54, 1.807) is 0 Å². The molecule has 0 saturated carbocycles. The fraction of sp³-hybridized carbons (Fsp3) is 0.400. The molecule has 0 atom stereocenters. The van der Waals surface area contributed by atoms with E-state index in [4.69, 9.17) is 0 Å². The second kappa shape index (κ2) is 6.08. The van der Waals surface area contributed by atoms with E-state index in [1.165, 1.54) is 37.1 Å². The first-order valence-electron chi connectivity index (χ1n) is 8.21. The van der Waals surface area contributed by atoms with E-state index in [9.17, 15) is 0 Å². The zero-order chi connectivity index (χ0) is 17.5. The lowest BCUT2D eigenvalue weighted by atomic mass is 9.85. The molecule has 0 radical (unpaired) electrons. The van der Waals surface area contributed by atoms with Crippen molar-refractivity contribution in [1.29, 1.82) is 0 Å². The maximum Gasteiger partial charge on any atom is 0.121 e. The summed E-state index contributed by atoms with van der Waals surface area (Å²) in [4.78, 5) is 2.59. The highest BCUT2D eigenvalue weighted by Gasteiger charge is 2.25. The van der Waals surface area contributed by atoms with Crippen molar-refractivity contribution in [2.24, 2.45) is 5.41 Å². The summed E-state index contributed by atoms with van der Waals surface area (Å²) in [5.74, 6) is 0. The Hall–Kier alpha value is -1.52. The van der Waals surface area contributed by atoms with Crippen LogP contribution in [0.5, 0.6) is 0 Å². The first-order valence-corrected chi connectivity index (χ1v) is 9.80. The zero-order valence-corrected chi connectivity index (χ0v) is 16.8. The topological polar surface area (TPSA) is 25.8 Å². The van der Waals surface area contributed by atoms with Crippen LogP contribution in [0.2, 0.25) is 0 Å². The van der Waals surface area contributed by atoms with Gasteiger partial charge in [0.05, 0.1) is 9.58 Å². The van der Waals surface area contributed by atoms with Crippen LogP contribution in [0, 0.1) is 5.41 Å². The molecule has 0 amide bonds. The molecule has 0 fully saturated rings. The van der Waals surface area contributed by atoms with E-state index in [2.05, 4.69) is 87.6 Å². The van der Waals surface area contributed by atoms with Crippen LogP contribution in [-0.2, 0) is 5.41 Å². The van der Waals surface area contributed by atoms with Crippen LogP contribution in [-0.4, -0.2) is 9.59 Å². The zero-order valence-electron chi connectivity index (χ0n) is 15.2. The number of allylic oxidation sites excluding steroid dienone is 8. The fourth-order valence-corrected chi connectivity index (χ4v) is 4.77. The van der Waals surface area contributed by atoms with Crippen LogP contribution in [0.4, 0.5) is 0 Å². The third-order valence-corrected chi connectivity index (χ3v) is 6.55. The minimum Gasteiger partial charge on any atom is -0.137 e. The van der Waals surface area contributed by atoms with Crippen molar-refractivity contribution in [3.8, 4) is 0 Å². The largest absolute Gasteiger partial charge is 0.137 e. The summed E-state index contributed by atoms with van der Waals surface area (Å²) in [5, 5.41) is 4.39. The molecular formula is C20H24N2S2. The Kier molecular flexibility index (Phi) is 4.39. The van der Waals surface area contributed by atoms with Crippen LogP contribution in [0.25, 0.3) is 15.8 Å². The second-order valence-corrected chi connectivity index (χ2v) is 9.95. The smallest absolute Gasteiger partial charge is 0.121 e. The van der Waals surface area contributed by atoms with Gasteiger partial charge in [-0.25, -0.2) is 0 Å². The number of hydrogen-bond donors (Lipinski definition) is 0. The highest BCUT2D eigenvalue weighted by molar-refractivity contribution is 7.22. The third-order valence-electron chi connectivity index (χ3n) is 4.03. The predicted molar refractivity (Wildman–Crippen MR) is 108 cm³/mol. The number of nitrogens with zero attached hydrogens (tertiary/aromatic N) is 2. The van der Waals surface area contributed by atoms with Gasteiger partial charge >= 0.3 is 0 Å². The van der Waals surface area contributed by atoms with E-state index in [-0.39, 0.29) is 10.8 Å². The van der Waals surface area contributed by atoms with Crippen LogP contribution in [0.3, 0.4) is 0 Å². The quantitative estimate of drug-likeness (QED) is 0.580. The Bertz CT molecular complexity index is 875. The van der Waals surface area contributed by atoms with E-state index in [0.29, 0.717) is 0 Å². The second-order valence-electron chi connectivity index (χ2n) is 8.17. The summed E-state index contributed by atoms with van der Waals surface area (Å²) in [6.45, 7) is 13.5. The number of fused-ring (bicyclic) bond motifs is 1. The van der Waals surface area contributed by atoms with Crippen molar-refractivity contribution in [1.82, 2.24) is 9.59 Å². The lowest BCUT2D eigenvalue weighted by molar-refractivity contribution is 0.517. The first-order chi connectivity index (χ1) is 11.2. The molecule has 0 aliphatic heterocycles. The highest BCUT2D eigenvalue weighted by atomic mass is 32.1. The van der Waals surface area contributed by atoms with Gasteiger partial charge in [-0.3, -0.25) is 0 Å². The first kappa shape index (κ1) is 17.3. The van der Waals surface area contributed by atoms with E-state index >= 15 is 0 Å². The minimum atomic E-state index is 0.0785. The SMILES string of the molecule is CC(C)(C)C1=C/C=C\C=C(c2sc(C(C)(C)C)c3nnsc23)/C=C\1. The van der Waals surface area contributed by atoms with E-state index < -0.39 is 0 Å². The average Bonchev–Trinajstić information content (AvgIpc) is 2.97. The maximum absolute atomic E-state index is 4.39. The standard InChI is InChI=1S/C20H24N2S2/c1-19(2,3)14-10-8-7-9-13(11-12-14)16-17-15(21-22-24-17)18(23-16)20(4,5)6/h7-12H,1-6H3/b8-7-,9-7?,10-8?,12-11-,13-9+,13-11?,14-10+,14-12?. The molecule has 0 spiro atoms. The Balaban J connectivity index is 2.10. The van der Waals surface area contributed by atoms with Gasteiger partial charge < -0.3 is 0 Å². The van der Waals surface area contributed by atoms with Crippen molar-refractivity contribution < 1.29 is 0 Å².